The summed E-state index contributed by atoms with van der Waals surface area (Å²) in [6.45, 7) is 1.48. The fourth-order valence-corrected chi connectivity index (χ4v) is 2.58. The number of benzene rings is 1. The SMILES string of the molecule is CNC(=O)CC(CN)N1CCCc2ccccc21. The highest BCUT2D eigenvalue weighted by Gasteiger charge is 2.24. The van der Waals surface area contributed by atoms with Crippen LogP contribution in [-0.2, 0) is 11.2 Å². The summed E-state index contributed by atoms with van der Waals surface area (Å²) in [6.07, 6.45) is 2.70. The molecule has 3 N–H and O–H groups in total. The topological polar surface area (TPSA) is 58.4 Å². The summed E-state index contributed by atoms with van der Waals surface area (Å²) in [4.78, 5) is 13.8. The van der Waals surface area contributed by atoms with E-state index >= 15 is 0 Å². The molecule has 1 aliphatic rings. The normalized spacial score (nSPS) is 16.0. The number of aryl methyl sites for hydroxylation is 1. The summed E-state index contributed by atoms with van der Waals surface area (Å²) in [6, 6.07) is 8.49. The zero-order valence-electron chi connectivity index (χ0n) is 10.9. The molecule has 1 atom stereocenters. The van der Waals surface area contributed by atoms with Crippen molar-refractivity contribution in [3.63, 3.8) is 0 Å². The van der Waals surface area contributed by atoms with Gasteiger partial charge in [0.25, 0.3) is 0 Å². The Labute approximate surface area is 108 Å². The maximum atomic E-state index is 11.5. The van der Waals surface area contributed by atoms with Crippen molar-refractivity contribution in [3.8, 4) is 0 Å². The van der Waals surface area contributed by atoms with Crippen LogP contribution in [0.3, 0.4) is 0 Å². The quantitative estimate of drug-likeness (QED) is 0.831. The van der Waals surface area contributed by atoms with Gasteiger partial charge in [0, 0.05) is 38.3 Å². The number of nitrogens with two attached hydrogens (primary N) is 1. The lowest BCUT2D eigenvalue weighted by atomic mass is 9.99. The van der Waals surface area contributed by atoms with Crippen LogP contribution in [0.25, 0.3) is 0 Å². The van der Waals surface area contributed by atoms with E-state index in [4.69, 9.17) is 5.73 Å². The van der Waals surface area contributed by atoms with Crippen molar-refractivity contribution in [2.75, 3.05) is 25.0 Å². The van der Waals surface area contributed by atoms with E-state index in [2.05, 4.69) is 28.4 Å². The van der Waals surface area contributed by atoms with Crippen LogP contribution in [0.5, 0.6) is 0 Å². The summed E-state index contributed by atoms with van der Waals surface area (Å²) in [5, 5.41) is 2.67. The van der Waals surface area contributed by atoms with Crippen molar-refractivity contribution in [1.82, 2.24) is 5.32 Å². The number of anilines is 1. The number of amides is 1. The maximum Gasteiger partial charge on any atom is 0.221 e. The van der Waals surface area contributed by atoms with Crippen LogP contribution in [0.1, 0.15) is 18.4 Å². The fourth-order valence-electron chi connectivity index (χ4n) is 2.58. The van der Waals surface area contributed by atoms with Gasteiger partial charge < -0.3 is 16.0 Å². The summed E-state index contributed by atoms with van der Waals surface area (Å²) in [5.41, 5.74) is 8.44. The second kappa shape index (κ2) is 5.87. The van der Waals surface area contributed by atoms with Gasteiger partial charge in [-0.25, -0.2) is 0 Å². The van der Waals surface area contributed by atoms with Crippen molar-refractivity contribution < 1.29 is 4.79 Å². The molecule has 0 saturated carbocycles. The van der Waals surface area contributed by atoms with E-state index in [-0.39, 0.29) is 11.9 Å². The second-order valence-corrected chi connectivity index (χ2v) is 4.69. The lowest BCUT2D eigenvalue weighted by molar-refractivity contribution is -0.120. The van der Waals surface area contributed by atoms with Gasteiger partial charge in [-0.1, -0.05) is 18.2 Å². The van der Waals surface area contributed by atoms with Crippen LogP contribution >= 0.6 is 0 Å². The molecule has 18 heavy (non-hydrogen) atoms. The average Bonchev–Trinajstić information content (AvgIpc) is 2.44. The summed E-state index contributed by atoms with van der Waals surface area (Å²) >= 11 is 0. The zero-order valence-corrected chi connectivity index (χ0v) is 10.9. The number of para-hydroxylation sites is 1. The van der Waals surface area contributed by atoms with Crippen molar-refractivity contribution in [1.29, 1.82) is 0 Å². The molecule has 4 nitrogen and oxygen atoms in total. The van der Waals surface area contributed by atoms with Gasteiger partial charge in [-0.05, 0) is 24.5 Å². The smallest absolute Gasteiger partial charge is 0.221 e. The predicted octanol–water partition coefficient (Wildman–Crippen LogP) is 0.903. The van der Waals surface area contributed by atoms with Gasteiger partial charge in [-0.3, -0.25) is 4.79 Å². The van der Waals surface area contributed by atoms with E-state index in [0.717, 1.165) is 19.4 Å². The third kappa shape index (κ3) is 2.64. The number of rotatable bonds is 4. The van der Waals surface area contributed by atoms with Crippen LogP contribution in [0.4, 0.5) is 5.69 Å². The molecule has 1 heterocycles. The Bertz CT molecular complexity index is 419. The minimum atomic E-state index is 0.0495. The molecule has 1 aliphatic heterocycles. The van der Waals surface area contributed by atoms with E-state index < -0.39 is 0 Å². The van der Waals surface area contributed by atoms with Gasteiger partial charge in [0.2, 0.25) is 5.91 Å². The lowest BCUT2D eigenvalue weighted by Gasteiger charge is -2.37. The molecule has 0 aromatic heterocycles. The predicted molar refractivity (Wildman–Crippen MR) is 73.6 cm³/mol. The van der Waals surface area contributed by atoms with E-state index in [1.807, 2.05) is 6.07 Å². The molecule has 0 saturated heterocycles. The van der Waals surface area contributed by atoms with Gasteiger partial charge in [-0.2, -0.15) is 0 Å². The van der Waals surface area contributed by atoms with Gasteiger partial charge >= 0.3 is 0 Å². The number of carbonyl (C=O) groups excluding carboxylic acids is 1. The number of fused-ring (bicyclic) bond motifs is 1. The Balaban J connectivity index is 2.19. The van der Waals surface area contributed by atoms with Gasteiger partial charge in [0.15, 0.2) is 0 Å². The number of hydrogen-bond acceptors (Lipinski definition) is 3. The van der Waals surface area contributed by atoms with Crippen molar-refractivity contribution in [2.24, 2.45) is 5.73 Å². The zero-order chi connectivity index (χ0) is 13.0. The van der Waals surface area contributed by atoms with Gasteiger partial charge in [0.05, 0.1) is 0 Å². The molecule has 0 radical (unpaired) electrons. The van der Waals surface area contributed by atoms with E-state index in [1.165, 1.54) is 11.3 Å². The number of nitrogens with one attached hydrogen (secondary N) is 1. The first-order chi connectivity index (χ1) is 8.76. The molecule has 0 spiro atoms. The highest BCUT2D eigenvalue weighted by Crippen LogP contribution is 2.28. The molecule has 1 unspecified atom stereocenters. The first kappa shape index (κ1) is 12.9. The molecular weight excluding hydrogens is 226 g/mol. The van der Waals surface area contributed by atoms with Crippen molar-refractivity contribution in [2.45, 2.75) is 25.3 Å². The molecule has 98 valence electrons. The average molecular weight is 247 g/mol. The summed E-state index contributed by atoms with van der Waals surface area (Å²) in [5.74, 6) is 0.0495. The monoisotopic (exact) mass is 247 g/mol. The molecular formula is C14H21N3O. The molecule has 4 heteroatoms. The Morgan fingerprint density at radius 2 is 2.28 bits per heavy atom. The highest BCUT2D eigenvalue weighted by molar-refractivity contribution is 5.77. The fraction of sp³-hybridized carbons (Fsp3) is 0.500. The van der Waals surface area contributed by atoms with Crippen LogP contribution in [-0.4, -0.2) is 32.1 Å². The number of nitrogens with zero attached hydrogens (tertiary/aromatic N) is 1. The molecule has 2 rings (SSSR count). The lowest BCUT2D eigenvalue weighted by Crippen LogP contribution is -2.46. The third-order valence-corrected chi connectivity index (χ3v) is 3.56. The Morgan fingerprint density at radius 1 is 1.50 bits per heavy atom. The standard InChI is InChI=1S/C14H21N3O/c1-16-14(18)9-12(10-15)17-8-4-6-11-5-2-3-7-13(11)17/h2-3,5,7,12H,4,6,8-10,15H2,1H3,(H,16,18). The third-order valence-electron chi connectivity index (χ3n) is 3.56. The van der Waals surface area contributed by atoms with E-state index in [0.29, 0.717) is 13.0 Å². The molecule has 0 fully saturated rings. The molecule has 1 aromatic carbocycles. The van der Waals surface area contributed by atoms with Crippen molar-refractivity contribution >= 4 is 11.6 Å². The summed E-state index contributed by atoms with van der Waals surface area (Å²) < 4.78 is 0. The summed E-state index contributed by atoms with van der Waals surface area (Å²) in [7, 11) is 1.67. The molecule has 1 aromatic rings. The van der Waals surface area contributed by atoms with Gasteiger partial charge in [-0.15, -0.1) is 0 Å². The first-order valence-electron chi connectivity index (χ1n) is 6.51. The Hall–Kier alpha value is -1.55. The Morgan fingerprint density at radius 3 is 3.00 bits per heavy atom. The van der Waals surface area contributed by atoms with Gasteiger partial charge in [0.1, 0.15) is 0 Å². The molecule has 0 bridgehead atoms. The van der Waals surface area contributed by atoms with Crippen LogP contribution in [0, 0.1) is 0 Å². The first-order valence-corrected chi connectivity index (χ1v) is 6.51. The van der Waals surface area contributed by atoms with Crippen LogP contribution < -0.4 is 16.0 Å². The Kier molecular flexibility index (Phi) is 4.20. The maximum absolute atomic E-state index is 11.5. The van der Waals surface area contributed by atoms with Crippen LogP contribution in [0.15, 0.2) is 24.3 Å². The van der Waals surface area contributed by atoms with Crippen LogP contribution in [0.2, 0.25) is 0 Å². The highest BCUT2D eigenvalue weighted by atomic mass is 16.1. The second-order valence-electron chi connectivity index (χ2n) is 4.69. The largest absolute Gasteiger partial charge is 0.367 e. The van der Waals surface area contributed by atoms with E-state index in [9.17, 15) is 4.79 Å². The minimum Gasteiger partial charge on any atom is -0.367 e. The molecule has 1 amide bonds. The molecule has 0 aliphatic carbocycles. The minimum absolute atomic E-state index is 0.0495. The van der Waals surface area contributed by atoms with Crippen molar-refractivity contribution in [3.05, 3.63) is 29.8 Å². The number of hydrogen-bond donors (Lipinski definition) is 2. The number of carbonyl (C=O) groups is 1. The van der Waals surface area contributed by atoms with E-state index in [1.54, 1.807) is 7.05 Å².